The molecule has 0 aliphatic carbocycles. The van der Waals surface area contributed by atoms with Gasteiger partial charge in [0.25, 0.3) is 0 Å². The van der Waals surface area contributed by atoms with Crippen LogP contribution in [0.3, 0.4) is 0 Å². The van der Waals surface area contributed by atoms with Gasteiger partial charge in [-0.05, 0) is 45.8 Å². The van der Waals surface area contributed by atoms with E-state index in [1.54, 1.807) is 0 Å². The summed E-state index contributed by atoms with van der Waals surface area (Å²) in [7, 11) is 2.03. The molecule has 0 rings (SSSR count). The molecule has 0 aromatic carbocycles. The van der Waals surface area contributed by atoms with Crippen molar-refractivity contribution >= 4 is 24.0 Å². The number of amides is 4. The van der Waals surface area contributed by atoms with Crippen molar-refractivity contribution in [2.45, 2.75) is 78.1 Å². The molecule has 4 amide bonds. The summed E-state index contributed by atoms with van der Waals surface area (Å²) >= 11 is 0. The number of carbonyl (C=O) groups excluding carboxylic acids is 2. The average molecular weight is 484 g/mol. The lowest BCUT2D eigenvalue weighted by Gasteiger charge is -2.17. The lowest BCUT2D eigenvalue weighted by molar-refractivity contribution is 0.248. The third kappa shape index (κ3) is 21.3. The van der Waals surface area contributed by atoms with Gasteiger partial charge in [-0.25, -0.2) is 9.59 Å². The van der Waals surface area contributed by atoms with Gasteiger partial charge in [-0.1, -0.05) is 52.4 Å². The zero-order valence-electron chi connectivity index (χ0n) is 21.6. The Morgan fingerprint density at radius 3 is 1.38 bits per heavy atom. The van der Waals surface area contributed by atoms with Crippen LogP contribution in [0.1, 0.15) is 78.1 Å². The van der Waals surface area contributed by atoms with Crippen LogP contribution in [0.2, 0.25) is 0 Å². The number of nitrogens with one attached hydrogen (secondary N) is 4. The first-order valence-corrected chi connectivity index (χ1v) is 12.8. The number of unbranched alkanes of at least 4 members (excludes halogenated alkanes) is 6. The molecule has 0 saturated heterocycles. The number of urea groups is 2. The van der Waals surface area contributed by atoms with Gasteiger partial charge in [0.05, 0.1) is 0 Å². The van der Waals surface area contributed by atoms with Crippen molar-refractivity contribution in [2.24, 2.45) is 21.5 Å². The van der Waals surface area contributed by atoms with Crippen molar-refractivity contribution < 1.29 is 9.59 Å². The first kappa shape index (κ1) is 31.4. The van der Waals surface area contributed by atoms with Crippen molar-refractivity contribution in [1.82, 2.24) is 26.2 Å². The highest BCUT2D eigenvalue weighted by atomic mass is 16.2. The number of hydrogen-bond donors (Lipinski definition) is 6. The molecule has 8 N–H and O–H groups in total. The normalized spacial score (nSPS) is 12.0. The Kier molecular flexibility index (Phi) is 20.6. The first-order valence-electron chi connectivity index (χ1n) is 12.8. The van der Waals surface area contributed by atoms with Crippen LogP contribution in [0, 0.1) is 0 Å². The van der Waals surface area contributed by atoms with E-state index in [2.05, 4.69) is 50.0 Å². The molecule has 0 aliphatic rings. The lowest BCUT2D eigenvalue weighted by Crippen LogP contribution is -2.37. The fraction of sp³-hybridized carbons (Fsp3) is 0.826. The van der Waals surface area contributed by atoms with Gasteiger partial charge in [0.1, 0.15) is 0 Å². The number of hydrogen-bond acceptors (Lipinski definition) is 3. The van der Waals surface area contributed by atoms with Crippen molar-refractivity contribution in [3.63, 3.8) is 0 Å². The standard InChI is InChI=1S/C23H49N9O2/c1-4-6-8-10-14-28-22(33)30-20(24)26-16-12-18-32(3)19-13-17-27-21(25)31-23(34)29-15-11-9-7-5-2/h4-19H2,1-3H3,(H4,24,26,28,30,33)(H4,25,27,29,31,34). The molecule has 0 spiro atoms. The largest absolute Gasteiger partial charge is 0.370 e. The second-order valence-corrected chi connectivity index (χ2v) is 8.44. The van der Waals surface area contributed by atoms with Gasteiger partial charge in [0.2, 0.25) is 0 Å². The Labute approximate surface area is 206 Å². The highest BCUT2D eigenvalue weighted by Gasteiger charge is 2.03. The summed E-state index contributed by atoms with van der Waals surface area (Å²) in [6.07, 6.45) is 10.5. The van der Waals surface area contributed by atoms with Gasteiger partial charge in [-0.2, -0.15) is 9.98 Å². The summed E-state index contributed by atoms with van der Waals surface area (Å²) < 4.78 is 0. The third-order valence-corrected chi connectivity index (χ3v) is 5.10. The van der Waals surface area contributed by atoms with Crippen molar-refractivity contribution in [3.8, 4) is 0 Å². The summed E-state index contributed by atoms with van der Waals surface area (Å²) in [5, 5.41) is 11.4. The van der Waals surface area contributed by atoms with Crippen LogP contribution in [-0.2, 0) is 0 Å². The third-order valence-electron chi connectivity index (χ3n) is 5.10. The van der Waals surface area contributed by atoms with Crippen LogP contribution in [0.4, 0.5) is 9.59 Å². The van der Waals surface area contributed by atoms with Crippen LogP contribution in [0.25, 0.3) is 0 Å². The maximum absolute atomic E-state index is 11.7. The minimum atomic E-state index is -0.404. The minimum absolute atomic E-state index is 0.137. The SMILES string of the molecule is CCCCCCNC(=O)N=C(N)NCCCN(C)CCCNC(N)=NC(=O)NCCCCCC. The molecular formula is C23H49N9O2. The van der Waals surface area contributed by atoms with Crippen LogP contribution < -0.4 is 32.7 Å². The Hall–Kier alpha value is -2.56. The molecular weight excluding hydrogens is 434 g/mol. The summed E-state index contributed by atoms with van der Waals surface area (Å²) in [6, 6.07) is -0.809. The molecule has 0 aliphatic heterocycles. The molecule has 198 valence electrons. The maximum Gasteiger partial charge on any atom is 0.344 e. The Balaban J connectivity index is 3.78. The fourth-order valence-corrected chi connectivity index (χ4v) is 3.11. The van der Waals surface area contributed by atoms with E-state index in [4.69, 9.17) is 11.5 Å². The molecule has 0 unspecified atom stereocenters. The average Bonchev–Trinajstić information content (AvgIpc) is 2.79. The van der Waals surface area contributed by atoms with E-state index in [9.17, 15) is 9.59 Å². The molecule has 0 aromatic heterocycles. The first-order chi connectivity index (χ1) is 16.4. The number of carbonyl (C=O) groups is 2. The molecule has 0 radical (unpaired) electrons. The number of aliphatic imine (C=N–C) groups is 2. The molecule has 11 nitrogen and oxygen atoms in total. The molecule has 11 heteroatoms. The van der Waals surface area contributed by atoms with Crippen LogP contribution in [0.15, 0.2) is 9.98 Å². The lowest BCUT2D eigenvalue weighted by atomic mass is 10.2. The number of guanidine groups is 2. The van der Waals surface area contributed by atoms with Gasteiger partial charge in [0.15, 0.2) is 11.9 Å². The quantitative estimate of drug-likeness (QED) is 0.0987. The zero-order chi connectivity index (χ0) is 25.4. The van der Waals surface area contributed by atoms with Gasteiger partial charge in [-0.15, -0.1) is 0 Å². The minimum Gasteiger partial charge on any atom is -0.370 e. The van der Waals surface area contributed by atoms with E-state index < -0.39 is 12.1 Å². The predicted molar refractivity (Wildman–Crippen MR) is 141 cm³/mol. The number of rotatable bonds is 18. The highest BCUT2D eigenvalue weighted by Crippen LogP contribution is 1.97. The molecule has 0 saturated carbocycles. The summed E-state index contributed by atoms with van der Waals surface area (Å²) in [5.74, 6) is 0.273. The molecule has 34 heavy (non-hydrogen) atoms. The second-order valence-electron chi connectivity index (χ2n) is 8.44. The van der Waals surface area contributed by atoms with E-state index in [1.807, 2.05) is 7.05 Å². The van der Waals surface area contributed by atoms with Crippen molar-refractivity contribution in [2.75, 3.05) is 46.3 Å². The summed E-state index contributed by atoms with van der Waals surface area (Å²) in [5.41, 5.74) is 11.5. The summed E-state index contributed by atoms with van der Waals surface area (Å²) in [6.45, 7) is 8.55. The van der Waals surface area contributed by atoms with E-state index in [0.717, 1.165) is 64.5 Å². The summed E-state index contributed by atoms with van der Waals surface area (Å²) in [4.78, 5) is 33.2. The van der Waals surface area contributed by atoms with Crippen LogP contribution in [-0.4, -0.2) is 75.2 Å². The van der Waals surface area contributed by atoms with Gasteiger partial charge >= 0.3 is 12.1 Å². The van der Waals surface area contributed by atoms with E-state index in [1.165, 1.54) is 12.8 Å². The molecule has 0 aromatic rings. The van der Waals surface area contributed by atoms with Crippen molar-refractivity contribution in [3.05, 3.63) is 0 Å². The Morgan fingerprint density at radius 2 is 1.00 bits per heavy atom. The molecule has 0 atom stereocenters. The van der Waals surface area contributed by atoms with Crippen LogP contribution >= 0.6 is 0 Å². The molecule has 0 heterocycles. The Morgan fingerprint density at radius 1 is 0.618 bits per heavy atom. The highest BCUT2D eigenvalue weighted by molar-refractivity contribution is 5.91. The zero-order valence-corrected chi connectivity index (χ0v) is 21.6. The van der Waals surface area contributed by atoms with Gasteiger partial charge in [0, 0.05) is 26.2 Å². The monoisotopic (exact) mass is 483 g/mol. The smallest absolute Gasteiger partial charge is 0.344 e. The number of nitrogens with two attached hydrogens (primary N) is 2. The number of nitrogens with zero attached hydrogens (tertiary/aromatic N) is 3. The van der Waals surface area contributed by atoms with E-state index in [0.29, 0.717) is 26.2 Å². The van der Waals surface area contributed by atoms with Gasteiger partial charge < -0.3 is 37.6 Å². The fourth-order valence-electron chi connectivity index (χ4n) is 3.11. The maximum atomic E-state index is 11.7. The Bertz CT molecular complexity index is 547. The van der Waals surface area contributed by atoms with Crippen molar-refractivity contribution in [1.29, 1.82) is 0 Å². The van der Waals surface area contributed by atoms with Gasteiger partial charge in [-0.3, -0.25) is 0 Å². The van der Waals surface area contributed by atoms with E-state index in [-0.39, 0.29) is 11.9 Å². The molecule has 0 bridgehead atoms. The van der Waals surface area contributed by atoms with Crippen LogP contribution in [0.5, 0.6) is 0 Å². The molecule has 0 fully saturated rings. The topological polar surface area (TPSA) is 162 Å². The second kappa shape index (κ2) is 22.2. The predicted octanol–water partition coefficient (Wildman–Crippen LogP) is 2.09. The van der Waals surface area contributed by atoms with E-state index >= 15 is 0 Å².